The standard InChI is InChI=1S/C15H14ClNO2/c1-10-5-6-12(8-14(10)16)15(19)17-9-11-3-2-4-13(18)7-11/h2-8,18H,9H2,1H3,(H,17,19). The second-order valence-corrected chi connectivity index (χ2v) is 4.72. The van der Waals surface area contributed by atoms with E-state index in [1.807, 2.05) is 19.1 Å². The number of rotatable bonds is 3. The summed E-state index contributed by atoms with van der Waals surface area (Å²) in [5.41, 5.74) is 2.30. The number of carbonyl (C=O) groups excluding carboxylic acids is 1. The Kier molecular flexibility index (Phi) is 4.07. The average Bonchev–Trinajstić information content (AvgIpc) is 2.39. The SMILES string of the molecule is Cc1ccc(C(=O)NCc2cccc(O)c2)cc1Cl. The molecule has 0 fully saturated rings. The maximum Gasteiger partial charge on any atom is 0.251 e. The molecule has 0 aliphatic rings. The third-order valence-corrected chi connectivity index (χ3v) is 3.20. The second kappa shape index (κ2) is 5.76. The topological polar surface area (TPSA) is 49.3 Å². The van der Waals surface area contributed by atoms with Crippen LogP contribution in [-0.2, 0) is 6.54 Å². The molecule has 0 aromatic heterocycles. The van der Waals surface area contributed by atoms with Gasteiger partial charge < -0.3 is 10.4 Å². The first kappa shape index (κ1) is 13.4. The number of phenols is 1. The highest BCUT2D eigenvalue weighted by Crippen LogP contribution is 2.17. The fourth-order valence-corrected chi connectivity index (χ4v) is 1.87. The summed E-state index contributed by atoms with van der Waals surface area (Å²) in [6.07, 6.45) is 0. The van der Waals surface area contributed by atoms with Crippen molar-refractivity contribution in [2.24, 2.45) is 0 Å². The molecule has 98 valence electrons. The lowest BCUT2D eigenvalue weighted by atomic mass is 10.1. The number of amides is 1. The van der Waals surface area contributed by atoms with Crippen LogP contribution in [0.2, 0.25) is 5.02 Å². The Balaban J connectivity index is 2.03. The van der Waals surface area contributed by atoms with Gasteiger partial charge in [0.2, 0.25) is 0 Å². The van der Waals surface area contributed by atoms with Crippen molar-refractivity contribution in [3.63, 3.8) is 0 Å². The lowest BCUT2D eigenvalue weighted by Crippen LogP contribution is -2.22. The van der Waals surface area contributed by atoms with E-state index in [1.165, 1.54) is 0 Å². The van der Waals surface area contributed by atoms with Gasteiger partial charge >= 0.3 is 0 Å². The van der Waals surface area contributed by atoms with E-state index in [-0.39, 0.29) is 11.7 Å². The lowest BCUT2D eigenvalue weighted by molar-refractivity contribution is 0.0951. The van der Waals surface area contributed by atoms with Gasteiger partial charge in [0.15, 0.2) is 0 Å². The zero-order valence-electron chi connectivity index (χ0n) is 10.5. The van der Waals surface area contributed by atoms with Crippen molar-refractivity contribution in [3.8, 4) is 5.75 Å². The van der Waals surface area contributed by atoms with Crippen molar-refractivity contribution >= 4 is 17.5 Å². The highest BCUT2D eigenvalue weighted by atomic mass is 35.5. The maximum atomic E-state index is 11.9. The molecule has 0 atom stereocenters. The first-order valence-electron chi connectivity index (χ1n) is 5.88. The van der Waals surface area contributed by atoms with Crippen LogP contribution in [0.15, 0.2) is 42.5 Å². The van der Waals surface area contributed by atoms with Gasteiger partial charge in [-0.05, 0) is 42.3 Å². The summed E-state index contributed by atoms with van der Waals surface area (Å²) in [4.78, 5) is 11.9. The minimum Gasteiger partial charge on any atom is -0.508 e. The van der Waals surface area contributed by atoms with Crippen LogP contribution in [0.4, 0.5) is 0 Å². The normalized spacial score (nSPS) is 10.2. The Morgan fingerprint density at radius 3 is 2.74 bits per heavy atom. The summed E-state index contributed by atoms with van der Waals surface area (Å²) >= 11 is 5.98. The Hall–Kier alpha value is -2.00. The van der Waals surface area contributed by atoms with E-state index in [9.17, 15) is 9.90 Å². The predicted molar refractivity (Wildman–Crippen MR) is 75.5 cm³/mol. The number of hydrogen-bond acceptors (Lipinski definition) is 2. The highest BCUT2D eigenvalue weighted by Gasteiger charge is 2.07. The molecule has 0 unspecified atom stereocenters. The number of halogens is 1. The number of hydrogen-bond donors (Lipinski definition) is 2. The zero-order valence-corrected chi connectivity index (χ0v) is 11.2. The minimum absolute atomic E-state index is 0.185. The summed E-state index contributed by atoms with van der Waals surface area (Å²) in [5.74, 6) is -0.00429. The molecule has 1 amide bonds. The van der Waals surface area contributed by atoms with E-state index < -0.39 is 0 Å². The number of nitrogens with one attached hydrogen (secondary N) is 1. The lowest BCUT2D eigenvalue weighted by Gasteiger charge is -2.07. The molecule has 0 spiro atoms. The number of aryl methyl sites for hydroxylation is 1. The molecule has 2 N–H and O–H groups in total. The maximum absolute atomic E-state index is 11.9. The number of aromatic hydroxyl groups is 1. The van der Waals surface area contributed by atoms with Crippen molar-refractivity contribution in [1.82, 2.24) is 5.32 Å². The Bertz CT molecular complexity index is 611. The fourth-order valence-electron chi connectivity index (χ4n) is 1.68. The van der Waals surface area contributed by atoms with Gasteiger partial charge in [-0.15, -0.1) is 0 Å². The molecule has 19 heavy (non-hydrogen) atoms. The van der Waals surface area contributed by atoms with Crippen LogP contribution in [0.1, 0.15) is 21.5 Å². The Morgan fingerprint density at radius 2 is 2.05 bits per heavy atom. The Labute approximate surface area is 116 Å². The minimum atomic E-state index is -0.190. The summed E-state index contributed by atoms with van der Waals surface area (Å²) in [5, 5.41) is 12.7. The molecule has 4 heteroatoms. The summed E-state index contributed by atoms with van der Waals surface area (Å²) < 4.78 is 0. The first-order valence-corrected chi connectivity index (χ1v) is 6.26. The average molecular weight is 276 g/mol. The summed E-state index contributed by atoms with van der Waals surface area (Å²) in [6, 6.07) is 12.0. The van der Waals surface area contributed by atoms with Gasteiger partial charge in [-0.2, -0.15) is 0 Å². The Morgan fingerprint density at radius 1 is 1.26 bits per heavy atom. The van der Waals surface area contributed by atoms with Gasteiger partial charge in [0.05, 0.1) is 0 Å². The van der Waals surface area contributed by atoms with Crippen molar-refractivity contribution in [1.29, 1.82) is 0 Å². The van der Waals surface area contributed by atoms with E-state index in [2.05, 4.69) is 5.32 Å². The third kappa shape index (κ3) is 3.48. The largest absolute Gasteiger partial charge is 0.508 e. The monoisotopic (exact) mass is 275 g/mol. The quantitative estimate of drug-likeness (QED) is 0.903. The fraction of sp³-hybridized carbons (Fsp3) is 0.133. The summed E-state index contributed by atoms with van der Waals surface area (Å²) in [7, 11) is 0. The molecule has 0 heterocycles. The smallest absolute Gasteiger partial charge is 0.251 e. The van der Waals surface area contributed by atoms with Gasteiger partial charge in [-0.3, -0.25) is 4.79 Å². The van der Waals surface area contributed by atoms with Gasteiger partial charge in [0, 0.05) is 17.1 Å². The summed E-state index contributed by atoms with van der Waals surface area (Å²) in [6.45, 7) is 2.25. The van der Waals surface area contributed by atoms with Crippen LogP contribution in [0.3, 0.4) is 0 Å². The van der Waals surface area contributed by atoms with Crippen LogP contribution in [-0.4, -0.2) is 11.0 Å². The molecule has 0 radical (unpaired) electrons. The van der Waals surface area contributed by atoms with E-state index in [4.69, 9.17) is 11.6 Å². The van der Waals surface area contributed by atoms with Crippen molar-refractivity contribution in [2.75, 3.05) is 0 Å². The van der Waals surface area contributed by atoms with Crippen molar-refractivity contribution in [2.45, 2.75) is 13.5 Å². The number of carbonyl (C=O) groups is 1. The van der Waals surface area contributed by atoms with Crippen molar-refractivity contribution in [3.05, 3.63) is 64.2 Å². The van der Waals surface area contributed by atoms with E-state index in [1.54, 1.807) is 30.3 Å². The molecule has 3 nitrogen and oxygen atoms in total. The molecule has 0 aliphatic heterocycles. The highest BCUT2D eigenvalue weighted by molar-refractivity contribution is 6.31. The number of phenolic OH excluding ortho intramolecular Hbond substituents is 1. The zero-order chi connectivity index (χ0) is 13.8. The number of benzene rings is 2. The molecule has 2 aromatic carbocycles. The molecule has 2 aromatic rings. The molecular weight excluding hydrogens is 262 g/mol. The van der Waals surface area contributed by atoms with Crippen molar-refractivity contribution < 1.29 is 9.90 Å². The van der Waals surface area contributed by atoms with E-state index >= 15 is 0 Å². The van der Waals surface area contributed by atoms with Gasteiger partial charge in [-0.25, -0.2) is 0 Å². The van der Waals surface area contributed by atoms with Crippen LogP contribution in [0, 0.1) is 6.92 Å². The molecule has 2 rings (SSSR count). The van der Waals surface area contributed by atoms with Crippen LogP contribution >= 0.6 is 11.6 Å². The van der Waals surface area contributed by atoms with Gasteiger partial charge in [0.1, 0.15) is 5.75 Å². The molecular formula is C15H14ClNO2. The third-order valence-electron chi connectivity index (χ3n) is 2.80. The van der Waals surface area contributed by atoms with Gasteiger partial charge in [-0.1, -0.05) is 29.8 Å². The van der Waals surface area contributed by atoms with Crippen LogP contribution in [0.25, 0.3) is 0 Å². The van der Waals surface area contributed by atoms with E-state index in [0.29, 0.717) is 17.1 Å². The molecule has 0 saturated heterocycles. The second-order valence-electron chi connectivity index (χ2n) is 4.32. The van der Waals surface area contributed by atoms with Crippen LogP contribution in [0.5, 0.6) is 5.75 Å². The molecule has 0 aliphatic carbocycles. The van der Waals surface area contributed by atoms with Gasteiger partial charge in [0.25, 0.3) is 5.91 Å². The van der Waals surface area contributed by atoms with E-state index in [0.717, 1.165) is 11.1 Å². The first-order chi connectivity index (χ1) is 9.06. The predicted octanol–water partition coefficient (Wildman–Crippen LogP) is 3.28. The van der Waals surface area contributed by atoms with Crippen LogP contribution < -0.4 is 5.32 Å². The molecule has 0 bridgehead atoms. The molecule has 0 saturated carbocycles.